The van der Waals surface area contributed by atoms with Gasteiger partial charge in [-0.25, -0.2) is 4.98 Å². The molecule has 1 aromatic heterocycles. The van der Waals surface area contributed by atoms with Crippen LogP contribution in [0.1, 0.15) is 18.4 Å². The summed E-state index contributed by atoms with van der Waals surface area (Å²) in [5.41, 5.74) is 2.88. The van der Waals surface area contributed by atoms with Crippen molar-refractivity contribution in [3.63, 3.8) is 0 Å². The third-order valence-electron chi connectivity index (χ3n) is 6.50. The summed E-state index contributed by atoms with van der Waals surface area (Å²) >= 11 is 0. The zero-order valence-corrected chi connectivity index (χ0v) is 19.8. The molecule has 0 radical (unpaired) electrons. The highest BCUT2D eigenvalue weighted by atomic mass is 32.2. The predicted molar refractivity (Wildman–Crippen MR) is 126 cm³/mol. The summed E-state index contributed by atoms with van der Waals surface area (Å²) in [5, 5.41) is 0. The van der Waals surface area contributed by atoms with Gasteiger partial charge >= 0.3 is 0 Å². The quantitative estimate of drug-likeness (QED) is 0.663. The Morgan fingerprint density at radius 2 is 2.12 bits per heavy atom. The Morgan fingerprint density at radius 1 is 1.24 bits per heavy atom. The lowest BCUT2D eigenvalue weighted by molar-refractivity contribution is -0.133. The minimum atomic E-state index is -0.845. The van der Waals surface area contributed by atoms with Gasteiger partial charge in [0.2, 0.25) is 11.8 Å². The number of carbonyl (C=O) groups excluding carboxylic acids is 1. The van der Waals surface area contributed by atoms with E-state index in [1.165, 1.54) is 0 Å². The molecule has 0 bridgehead atoms. The van der Waals surface area contributed by atoms with Gasteiger partial charge in [-0.1, -0.05) is 0 Å². The number of aromatic nitrogens is 1. The van der Waals surface area contributed by atoms with Gasteiger partial charge in [-0.15, -0.1) is 0 Å². The molecule has 2 aromatic rings. The Bertz CT molecular complexity index is 1080. The van der Waals surface area contributed by atoms with Gasteiger partial charge < -0.3 is 24.0 Å². The zero-order valence-electron chi connectivity index (χ0n) is 19.0. The number of hydrogen-bond donors (Lipinski definition) is 0. The first-order chi connectivity index (χ1) is 16.0. The average molecular weight is 472 g/mol. The van der Waals surface area contributed by atoms with Crippen molar-refractivity contribution in [2.45, 2.75) is 25.9 Å². The van der Waals surface area contributed by atoms with Gasteiger partial charge in [0.25, 0.3) is 0 Å². The summed E-state index contributed by atoms with van der Waals surface area (Å²) in [6, 6.07) is 7.92. The highest BCUT2D eigenvalue weighted by molar-refractivity contribution is 7.85. The highest BCUT2D eigenvalue weighted by Gasteiger charge is 2.35. The fourth-order valence-corrected chi connectivity index (χ4v) is 6.25. The van der Waals surface area contributed by atoms with Gasteiger partial charge in [-0.05, 0) is 31.5 Å². The molecule has 1 aromatic carbocycles. The van der Waals surface area contributed by atoms with Crippen molar-refractivity contribution in [1.29, 1.82) is 0 Å². The molecule has 8 nitrogen and oxygen atoms in total. The molecule has 5 rings (SSSR count). The molecule has 3 aliphatic heterocycles. The summed E-state index contributed by atoms with van der Waals surface area (Å²) in [4.78, 5) is 21.2. The predicted octanol–water partition coefficient (Wildman–Crippen LogP) is 2.68. The van der Waals surface area contributed by atoms with Gasteiger partial charge in [0.05, 0.1) is 43.7 Å². The number of carbonyl (C=O) groups is 1. The molecule has 2 fully saturated rings. The number of anilines is 2. The van der Waals surface area contributed by atoms with E-state index in [4.69, 9.17) is 14.2 Å². The van der Waals surface area contributed by atoms with E-state index in [0.29, 0.717) is 43.6 Å². The molecule has 3 atom stereocenters. The summed E-state index contributed by atoms with van der Waals surface area (Å²) in [6.07, 6.45) is 3.28. The van der Waals surface area contributed by atoms with Crippen LogP contribution in [0.3, 0.4) is 0 Å². The van der Waals surface area contributed by atoms with Crippen molar-refractivity contribution in [3.8, 4) is 17.4 Å². The van der Waals surface area contributed by atoms with Crippen molar-refractivity contribution in [3.05, 3.63) is 36.0 Å². The van der Waals surface area contributed by atoms with Crippen LogP contribution < -0.4 is 19.1 Å². The lowest BCUT2D eigenvalue weighted by Crippen LogP contribution is -2.36. The maximum Gasteiger partial charge on any atom is 0.226 e. The second-order valence-corrected chi connectivity index (χ2v) is 10.4. The van der Waals surface area contributed by atoms with Crippen LogP contribution in [0.2, 0.25) is 0 Å². The first kappa shape index (κ1) is 22.0. The van der Waals surface area contributed by atoms with Crippen LogP contribution in [-0.2, 0) is 15.6 Å². The van der Waals surface area contributed by atoms with Crippen molar-refractivity contribution in [2.75, 3.05) is 49.8 Å². The van der Waals surface area contributed by atoms with Gasteiger partial charge in [0.1, 0.15) is 24.2 Å². The lowest BCUT2D eigenvalue weighted by atomic mass is 10.1. The van der Waals surface area contributed by atoms with E-state index in [0.717, 1.165) is 41.3 Å². The number of rotatable bonds is 5. The SMILES string of the molecule is COc1ncc(N2CCOc3ccc(O[C@H]4CCN(C(=O)C5CCS(=O)C5)C4)cc32)cc1C. The van der Waals surface area contributed by atoms with E-state index in [1.807, 2.05) is 36.2 Å². The van der Waals surface area contributed by atoms with E-state index in [1.54, 1.807) is 7.11 Å². The van der Waals surface area contributed by atoms with E-state index >= 15 is 0 Å². The standard InChI is InChI=1S/C24H29N3O5S/c1-16-11-18(13-25-23(16)30-2)27-8-9-31-22-4-3-19(12-21(22)27)32-20-5-7-26(14-20)24(28)17-6-10-33(29)15-17/h3-4,11-13,17,20H,5-10,14-15H2,1-2H3/t17?,20-,33?/m0/s1. The van der Waals surface area contributed by atoms with Crippen LogP contribution in [-0.4, -0.2) is 71.0 Å². The van der Waals surface area contributed by atoms with E-state index < -0.39 is 10.8 Å². The van der Waals surface area contributed by atoms with Crippen molar-refractivity contribution in [2.24, 2.45) is 5.92 Å². The minimum absolute atomic E-state index is 0.0539. The largest absolute Gasteiger partial charge is 0.490 e. The highest BCUT2D eigenvalue weighted by Crippen LogP contribution is 2.40. The summed E-state index contributed by atoms with van der Waals surface area (Å²) in [7, 11) is 0.775. The molecular weight excluding hydrogens is 442 g/mol. The van der Waals surface area contributed by atoms with E-state index in [2.05, 4.69) is 16.0 Å². The second kappa shape index (κ2) is 9.21. The van der Waals surface area contributed by atoms with Gasteiger partial charge in [0.15, 0.2) is 0 Å². The Hall–Kier alpha value is -2.81. The molecule has 33 heavy (non-hydrogen) atoms. The van der Waals surface area contributed by atoms with Crippen molar-refractivity contribution >= 4 is 28.1 Å². The Morgan fingerprint density at radius 3 is 2.88 bits per heavy atom. The van der Waals surface area contributed by atoms with Gasteiger partial charge in [-0.3, -0.25) is 9.00 Å². The fraction of sp³-hybridized carbons (Fsp3) is 0.500. The number of amides is 1. The molecule has 0 saturated carbocycles. The monoisotopic (exact) mass is 471 g/mol. The summed E-state index contributed by atoms with van der Waals surface area (Å²) in [6.45, 7) is 4.53. The van der Waals surface area contributed by atoms with Crippen LogP contribution in [0.15, 0.2) is 30.5 Å². The number of pyridine rings is 1. The molecule has 3 aliphatic rings. The molecule has 9 heteroatoms. The van der Waals surface area contributed by atoms with Crippen LogP contribution in [0.4, 0.5) is 11.4 Å². The number of methoxy groups -OCH3 is 1. The number of likely N-dealkylation sites (tertiary alicyclic amines) is 1. The molecule has 0 N–H and O–H groups in total. The van der Waals surface area contributed by atoms with E-state index in [9.17, 15) is 9.00 Å². The number of aryl methyl sites for hydroxylation is 1. The first-order valence-corrected chi connectivity index (χ1v) is 12.9. The molecule has 0 spiro atoms. The second-order valence-electron chi connectivity index (χ2n) is 8.76. The molecule has 4 heterocycles. The van der Waals surface area contributed by atoms with E-state index in [-0.39, 0.29) is 17.9 Å². The maximum absolute atomic E-state index is 12.8. The van der Waals surface area contributed by atoms with Crippen LogP contribution in [0.5, 0.6) is 17.4 Å². The number of fused-ring (bicyclic) bond motifs is 1. The fourth-order valence-electron chi connectivity index (χ4n) is 4.78. The molecular formula is C24H29N3O5S. The summed E-state index contributed by atoms with van der Waals surface area (Å²) < 4.78 is 29.1. The topological polar surface area (TPSA) is 81.2 Å². The smallest absolute Gasteiger partial charge is 0.226 e. The van der Waals surface area contributed by atoms with Crippen LogP contribution >= 0.6 is 0 Å². The van der Waals surface area contributed by atoms with Crippen LogP contribution in [0.25, 0.3) is 0 Å². The third kappa shape index (κ3) is 4.51. The Labute approximate surface area is 196 Å². The number of nitrogens with zero attached hydrogens (tertiary/aromatic N) is 3. The van der Waals surface area contributed by atoms with Gasteiger partial charge in [0, 0.05) is 46.9 Å². The molecule has 1 amide bonds. The molecule has 176 valence electrons. The molecule has 0 aliphatic carbocycles. The molecule has 2 saturated heterocycles. The third-order valence-corrected chi connectivity index (χ3v) is 7.97. The Kier molecular flexibility index (Phi) is 6.14. The first-order valence-electron chi connectivity index (χ1n) is 11.4. The van der Waals surface area contributed by atoms with Gasteiger partial charge in [-0.2, -0.15) is 0 Å². The van der Waals surface area contributed by atoms with Crippen LogP contribution in [0, 0.1) is 12.8 Å². The lowest BCUT2D eigenvalue weighted by Gasteiger charge is -2.32. The van der Waals surface area contributed by atoms with Crippen molar-refractivity contribution in [1.82, 2.24) is 9.88 Å². The average Bonchev–Trinajstić information content (AvgIpc) is 3.47. The Balaban J connectivity index is 1.29. The van der Waals surface area contributed by atoms with Crippen molar-refractivity contribution < 1.29 is 23.2 Å². The number of ether oxygens (including phenoxy) is 3. The number of hydrogen-bond acceptors (Lipinski definition) is 7. The minimum Gasteiger partial charge on any atom is -0.490 e. The maximum atomic E-state index is 12.8. The normalized spacial score (nSPS) is 24.4. The summed E-state index contributed by atoms with van der Waals surface area (Å²) in [5.74, 6) is 3.35. The molecule has 2 unspecified atom stereocenters. The number of benzene rings is 1. The zero-order chi connectivity index (χ0) is 22.9.